The molecule has 3 aromatic rings. The number of hydrogen-bond donors (Lipinski definition) is 0. The molecule has 0 amide bonds. The molecule has 4 rings (SSSR count). The molecule has 0 saturated carbocycles. The molecule has 1 fully saturated rings. The maximum Gasteiger partial charge on any atom is 0.244 e. The molecule has 0 N–H and O–H groups in total. The number of nitrogens with zero attached hydrogens (tertiary/aromatic N) is 6. The number of aromatic nitrogens is 4. The van der Waals surface area contributed by atoms with E-state index in [1.54, 1.807) is 29.2 Å². The van der Waals surface area contributed by atoms with E-state index in [2.05, 4.69) is 15.3 Å². The highest BCUT2D eigenvalue weighted by Gasteiger charge is 2.30. The second kappa shape index (κ2) is 7.67. The van der Waals surface area contributed by atoms with Crippen molar-refractivity contribution >= 4 is 39.0 Å². The van der Waals surface area contributed by atoms with Crippen molar-refractivity contribution in [2.45, 2.75) is 4.90 Å². The van der Waals surface area contributed by atoms with Crippen LogP contribution < -0.4 is 4.90 Å². The van der Waals surface area contributed by atoms with Crippen molar-refractivity contribution < 1.29 is 8.42 Å². The van der Waals surface area contributed by atoms with Crippen molar-refractivity contribution in [2.24, 2.45) is 0 Å². The third kappa shape index (κ3) is 3.70. The molecule has 1 aliphatic heterocycles. The van der Waals surface area contributed by atoms with E-state index in [1.165, 1.54) is 16.4 Å². The summed E-state index contributed by atoms with van der Waals surface area (Å²) in [6, 6.07) is 9.91. The zero-order valence-corrected chi connectivity index (χ0v) is 16.9. The normalized spacial score (nSPS) is 15.7. The quantitative estimate of drug-likeness (QED) is 0.621. The van der Waals surface area contributed by atoms with Crippen LogP contribution in [-0.2, 0) is 10.0 Å². The summed E-state index contributed by atoms with van der Waals surface area (Å²) in [4.78, 5) is 2.02. The van der Waals surface area contributed by atoms with Crippen LogP contribution in [-0.4, -0.2) is 58.9 Å². The number of anilines is 1. The smallest absolute Gasteiger partial charge is 0.244 e. The van der Waals surface area contributed by atoms with Gasteiger partial charge in [0, 0.05) is 43.6 Å². The molecular weight excluding hydrogens is 423 g/mol. The average Bonchev–Trinajstić information content (AvgIpc) is 3.25. The van der Waals surface area contributed by atoms with Crippen molar-refractivity contribution in [2.75, 3.05) is 31.1 Å². The van der Waals surface area contributed by atoms with Crippen molar-refractivity contribution in [3.63, 3.8) is 0 Å². The van der Waals surface area contributed by atoms with Crippen molar-refractivity contribution in [1.82, 2.24) is 24.3 Å². The predicted octanol–water partition coefficient (Wildman–Crippen LogP) is 2.48. The molecule has 28 heavy (non-hydrogen) atoms. The highest BCUT2D eigenvalue weighted by Crippen LogP contribution is 2.28. The van der Waals surface area contributed by atoms with Gasteiger partial charge >= 0.3 is 0 Å². The maximum atomic E-state index is 12.9. The fraction of sp³-hybridized carbons (Fsp3) is 0.235. The molecular formula is C17H16Cl2N6O2S. The van der Waals surface area contributed by atoms with Gasteiger partial charge in [0.05, 0.1) is 5.02 Å². The van der Waals surface area contributed by atoms with Crippen LogP contribution in [0.1, 0.15) is 0 Å². The molecule has 3 heterocycles. The molecule has 11 heteroatoms. The standard InChI is InChI=1S/C17H16Cl2N6O2S/c18-13-2-3-14(19)15(12-13)28(26,27)24-10-8-23(9-11-24)16-4-5-17(22-21-16)25-7-1-6-20-25/h1-7,12H,8-11H2. The van der Waals surface area contributed by atoms with Crippen LogP contribution in [0.3, 0.4) is 0 Å². The maximum absolute atomic E-state index is 12.9. The van der Waals surface area contributed by atoms with Gasteiger partial charge in [0.2, 0.25) is 10.0 Å². The van der Waals surface area contributed by atoms with Gasteiger partial charge in [-0.3, -0.25) is 0 Å². The zero-order valence-electron chi connectivity index (χ0n) is 14.6. The van der Waals surface area contributed by atoms with E-state index < -0.39 is 10.0 Å². The Balaban J connectivity index is 1.46. The molecule has 0 spiro atoms. The van der Waals surface area contributed by atoms with Crippen LogP contribution in [0.4, 0.5) is 5.82 Å². The van der Waals surface area contributed by atoms with Gasteiger partial charge in [-0.2, -0.15) is 9.40 Å². The molecule has 8 nitrogen and oxygen atoms in total. The first-order valence-corrected chi connectivity index (χ1v) is 10.7. The Morgan fingerprint density at radius 3 is 2.29 bits per heavy atom. The van der Waals surface area contributed by atoms with Gasteiger partial charge in [-0.05, 0) is 36.4 Å². The number of sulfonamides is 1. The van der Waals surface area contributed by atoms with Crippen molar-refractivity contribution in [3.05, 3.63) is 58.8 Å². The Kier molecular flexibility index (Phi) is 5.24. The highest BCUT2D eigenvalue weighted by molar-refractivity contribution is 7.89. The summed E-state index contributed by atoms with van der Waals surface area (Å²) in [7, 11) is -3.71. The van der Waals surface area contributed by atoms with Gasteiger partial charge in [0.1, 0.15) is 4.90 Å². The van der Waals surface area contributed by atoms with E-state index in [1.807, 2.05) is 17.0 Å². The van der Waals surface area contributed by atoms with E-state index in [9.17, 15) is 8.42 Å². The third-order valence-electron chi connectivity index (χ3n) is 4.45. The van der Waals surface area contributed by atoms with Crippen LogP contribution in [0.5, 0.6) is 0 Å². The van der Waals surface area contributed by atoms with Crippen LogP contribution in [0.15, 0.2) is 53.7 Å². The summed E-state index contributed by atoms with van der Waals surface area (Å²) in [5.41, 5.74) is 0. The molecule has 0 radical (unpaired) electrons. The molecule has 0 bridgehead atoms. The lowest BCUT2D eigenvalue weighted by Gasteiger charge is -2.34. The van der Waals surface area contributed by atoms with Crippen LogP contribution in [0.25, 0.3) is 5.82 Å². The number of hydrogen-bond acceptors (Lipinski definition) is 6. The van der Waals surface area contributed by atoms with E-state index in [4.69, 9.17) is 23.2 Å². The summed E-state index contributed by atoms with van der Waals surface area (Å²) < 4.78 is 28.8. The van der Waals surface area contributed by atoms with Gasteiger partial charge in [-0.25, -0.2) is 13.1 Å². The summed E-state index contributed by atoms with van der Waals surface area (Å²) in [5, 5.41) is 13.0. The van der Waals surface area contributed by atoms with Gasteiger partial charge < -0.3 is 4.90 Å². The SMILES string of the molecule is O=S(=O)(c1cc(Cl)ccc1Cl)N1CCN(c2ccc(-n3cccn3)nn2)CC1. The Morgan fingerprint density at radius 1 is 0.929 bits per heavy atom. The highest BCUT2D eigenvalue weighted by atomic mass is 35.5. The van der Waals surface area contributed by atoms with Gasteiger partial charge in [-0.1, -0.05) is 23.2 Å². The second-order valence-corrected chi connectivity index (χ2v) is 8.92. The second-order valence-electron chi connectivity index (χ2n) is 6.17. The third-order valence-corrected chi connectivity index (χ3v) is 7.06. The predicted molar refractivity (Wildman–Crippen MR) is 107 cm³/mol. The minimum atomic E-state index is -3.71. The fourth-order valence-corrected chi connectivity index (χ4v) is 5.14. The van der Waals surface area contributed by atoms with E-state index >= 15 is 0 Å². The lowest BCUT2D eigenvalue weighted by atomic mass is 10.3. The molecule has 1 saturated heterocycles. The molecule has 1 aliphatic rings. The zero-order chi connectivity index (χ0) is 19.7. The van der Waals surface area contributed by atoms with Gasteiger partial charge in [0.15, 0.2) is 11.6 Å². The minimum absolute atomic E-state index is 0.0264. The molecule has 1 aromatic carbocycles. The fourth-order valence-electron chi connectivity index (χ4n) is 2.98. The Bertz CT molecular complexity index is 1070. The van der Waals surface area contributed by atoms with E-state index in [0.29, 0.717) is 42.8 Å². The van der Waals surface area contributed by atoms with Crippen LogP contribution in [0, 0.1) is 0 Å². The average molecular weight is 439 g/mol. The number of benzene rings is 1. The Hall–Kier alpha value is -2.20. The molecule has 0 aliphatic carbocycles. The molecule has 0 unspecified atom stereocenters. The number of piperazine rings is 1. The topological polar surface area (TPSA) is 84.2 Å². The first-order chi connectivity index (χ1) is 13.4. The van der Waals surface area contributed by atoms with Crippen molar-refractivity contribution in [1.29, 1.82) is 0 Å². The monoisotopic (exact) mass is 438 g/mol. The Morgan fingerprint density at radius 2 is 1.64 bits per heavy atom. The molecule has 2 aromatic heterocycles. The molecule has 146 valence electrons. The summed E-state index contributed by atoms with van der Waals surface area (Å²) >= 11 is 12.0. The largest absolute Gasteiger partial charge is 0.352 e. The Labute approximate surface area is 172 Å². The summed E-state index contributed by atoms with van der Waals surface area (Å²) in [5.74, 6) is 1.30. The minimum Gasteiger partial charge on any atom is -0.352 e. The van der Waals surface area contributed by atoms with Crippen LogP contribution in [0.2, 0.25) is 10.0 Å². The lowest BCUT2D eigenvalue weighted by molar-refractivity contribution is 0.383. The molecule has 0 atom stereocenters. The first-order valence-electron chi connectivity index (χ1n) is 8.49. The number of rotatable bonds is 4. The summed E-state index contributed by atoms with van der Waals surface area (Å²) in [6.07, 6.45) is 3.45. The lowest BCUT2D eigenvalue weighted by Crippen LogP contribution is -2.49. The van der Waals surface area contributed by atoms with Crippen molar-refractivity contribution in [3.8, 4) is 5.82 Å². The van der Waals surface area contributed by atoms with E-state index in [0.717, 1.165) is 0 Å². The number of halogens is 2. The van der Waals surface area contributed by atoms with Crippen LogP contribution >= 0.6 is 23.2 Å². The summed E-state index contributed by atoms with van der Waals surface area (Å²) in [6.45, 7) is 1.61. The van der Waals surface area contributed by atoms with Gasteiger partial charge in [-0.15, -0.1) is 10.2 Å². The van der Waals surface area contributed by atoms with Gasteiger partial charge in [0.25, 0.3) is 0 Å². The first kappa shape index (κ1) is 19.1. The van der Waals surface area contributed by atoms with E-state index in [-0.39, 0.29) is 9.92 Å².